The topological polar surface area (TPSA) is 63.5 Å². The van der Waals surface area contributed by atoms with E-state index < -0.39 is 42.1 Å². The zero-order chi connectivity index (χ0) is 20.9. The predicted octanol–water partition coefficient (Wildman–Crippen LogP) is 3.04. The van der Waals surface area contributed by atoms with Gasteiger partial charge in [0.2, 0.25) is 0 Å². The number of unbranched alkanes of at least 4 members (excludes halogenated alkanes) is 2. The van der Waals surface area contributed by atoms with Crippen LogP contribution in [0.1, 0.15) is 39.5 Å². The van der Waals surface area contributed by atoms with Gasteiger partial charge in [-0.3, -0.25) is 4.99 Å². The summed E-state index contributed by atoms with van der Waals surface area (Å²) in [5.74, 6) is 0. The van der Waals surface area contributed by atoms with Gasteiger partial charge in [0.05, 0.1) is 0 Å². The van der Waals surface area contributed by atoms with Crippen LogP contribution in [0.3, 0.4) is 0 Å². The van der Waals surface area contributed by atoms with Crippen molar-refractivity contribution in [3.05, 3.63) is 0 Å². The van der Waals surface area contributed by atoms with Gasteiger partial charge in [-0.05, 0) is 12.8 Å². The lowest BCUT2D eigenvalue weighted by molar-refractivity contribution is -0.281. The van der Waals surface area contributed by atoms with Crippen molar-refractivity contribution in [1.82, 2.24) is 4.90 Å². The lowest BCUT2D eigenvalue weighted by Crippen LogP contribution is -2.62. The van der Waals surface area contributed by atoms with Crippen LogP contribution >= 0.6 is 11.8 Å². The van der Waals surface area contributed by atoms with E-state index in [1.807, 2.05) is 27.9 Å². The molecule has 0 aromatic carbocycles. The van der Waals surface area contributed by atoms with Crippen LogP contribution in [0.4, 0.5) is 13.2 Å². The number of amidine groups is 1. The summed E-state index contributed by atoms with van der Waals surface area (Å²) in [6.07, 6.45) is -7.58. The fraction of sp³-hybridized carbons (Fsp3) is 0.944. The van der Waals surface area contributed by atoms with Crippen LogP contribution in [0.5, 0.6) is 0 Å². The SMILES string of the molecule is CCCCO[C@@H]1[C@H]2N=C(N(C)C)S[C@H]2O[C@H](C(O)C(F)(F)F)[C@H]1OCCCC. The minimum Gasteiger partial charge on any atom is -0.381 e. The second-order valence-electron chi connectivity index (χ2n) is 7.25. The molecule has 0 radical (unpaired) electrons. The van der Waals surface area contributed by atoms with Crippen LogP contribution in [0.25, 0.3) is 0 Å². The molecule has 0 aromatic rings. The van der Waals surface area contributed by atoms with Crippen molar-refractivity contribution in [2.75, 3.05) is 27.3 Å². The number of aliphatic imine (C=N–C) groups is 1. The fourth-order valence-electron chi connectivity index (χ4n) is 3.11. The minimum absolute atomic E-state index is 0.272. The summed E-state index contributed by atoms with van der Waals surface area (Å²) in [6.45, 7) is 4.64. The molecule has 6 atom stereocenters. The minimum atomic E-state index is -4.81. The molecule has 2 rings (SSSR count). The highest BCUT2D eigenvalue weighted by atomic mass is 32.2. The van der Waals surface area contributed by atoms with Crippen LogP contribution in [-0.4, -0.2) is 84.6 Å². The van der Waals surface area contributed by atoms with E-state index in [1.54, 1.807) is 4.90 Å². The van der Waals surface area contributed by atoms with E-state index >= 15 is 0 Å². The first-order valence-electron chi connectivity index (χ1n) is 9.75. The summed E-state index contributed by atoms with van der Waals surface area (Å²) in [5.41, 5.74) is -0.656. The summed E-state index contributed by atoms with van der Waals surface area (Å²) >= 11 is 1.25. The number of thioether (sulfide) groups is 1. The molecule has 0 bridgehead atoms. The summed E-state index contributed by atoms with van der Waals surface area (Å²) in [6, 6.07) is -0.484. The highest BCUT2D eigenvalue weighted by molar-refractivity contribution is 8.14. The van der Waals surface area contributed by atoms with Gasteiger partial charge in [0, 0.05) is 27.3 Å². The van der Waals surface area contributed by atoms with Crippen LogP contribution in [0.15, 0.2) is 4.99 Å². The first-order chi connectivity index (χ1) is 13.2. The van der Waals surface area contributed by atoms with E-state index in [1.165, 1.54) is 11.8 Å². The van der Waals surface area contributed by atoms with Gasteiger partial charge in [-0.25, -0.2) is 0 Å². The molecule has 0 amide bonds. The van der Waals surface area contributed by atoms with Crippen LogP contribution in [-0.2, 0) is 14.2 Å². The zero-order valence-corrected chi connectivity index (χ0v) is 17.6. The maximum atomic E-state index is 13.3. The summed E-state index contributed by atoms with van der Waals surface area (Å²) in [7, 11) is 3.63. The van der Waals surface area contributed by atoms with Crippen molar-refractivity contribution in [2.24, 2.45) is 4.99 Å². The highest BCUT2D eigenvalue weighted by Crippen LogP contribution is 2.42. The van der Waals surface area contributed by atoms with E-state index in [2.05, 4.69) is 4.99 Å². The molecular weight excluding hydrogens is 397 g/mol. The Morgan fingerprint density at radius 3 is 2.21 bits per heavy atom. The Hall–Kier alpha value is -0.550. The molecule has 0 aliphatic carbocycles. The number of hydrogen-bond donors (Lipinski definition) is 1. The monoisotopic (exact) mass is 428 g/mol. The molecule has 2 aliphatic rings. The lowest BCUT2D eigenvalue weighted by atomic mass is 9.94. The Kier molecular flexibility index (Phi) is 8.87. The van der Waals surface area contributed by atoms with Gasteiger partial charge in [-0.1, -0.05) is 38.5 Å². The van der Waals surface area contributed by atoms with Crippen LogP contribution in [0.2, 0.25) is 0 Å². The van der Waals surface area contributed by atoms with Crippen molar-refractivity contribution in [1.29, 1.82) is 0 Å². The molecule has 28 heavy (non-hydrogen) atoms. The number of alkyl halides is 3. The highest BCUT2D eigenvalue weighted by Gasteiger charge is 2.57. The lowest BCUT2D eigenvalue weighted by Gasteiger charge is -2.44. The molecule has 2 aliphatic heterocycles. The predicted molar refractivity (Wildman–Crippen MR) is 103 cm³/mol. The zero-order valence-electron chi connectivity index (χ0n) is 16.8. The largest absolute Gasteiger partial charge is 0.417 e. The van der Waals surface area contributed by atoms with Gasteiger partial charge in [-0.2, -0.15) is 13.2 Å². The molecule has 1 N–H and O–H groups in total. The van der Waals surface area contributed by atoms with E-state index in [9.17, 15) is 18.3 Å². The molecular formula is C18H31F3N2O4S. The quantitative estimate of drug-likeness (QED) is 0.570. The molecule has 1 saturated heterocycles. The number of aliphatic hydroxyl groups excluding tert-OH is 1. The molecule has 0 aromatic heterocycles. The molecule has 2 heterocycles. The fourth-order valence-corrected chi connectivity index (χ4v) is 4.25. The Balaban J connectivity index is 2.30. The van der Waals surface area contributed by atoms with Gasteiger partial charge >= 0.3 is 6.18 Å². The summed E-state index contributed by atoms with van der Waals surface area (Å²) in [5, 5.41) is 10.6. The maximum absolute atomic E-state index is 13.3. The van der Waals surface area contributed by atoms with Crippen molar-refractivity contribution in [3.8, 4) is 0 Å². The Bertz CT molecular complexity index is 522. The molecule has 10 heteroatoms. The van der Waals surface area contributed by atoms with Crippen LogP contribution < -0.4 is 0 Å². The van der Waals surface area contributed by atoms with Crippen molar-refractivity contribution in [3.63, 3.8) is 0 Å². The third-order valence-electron chi connectivity index (χ3n) is 4.68. The number of nitrogens with zero attached hydrogens (tertiary/aromatic N) is 2. The standard InChI is InChI=1S/C18H31F3N2O4S/c1-5-7-9-25-12-11-16(28-17(22-11)23(3)4)27-14(15(24)18(19,20)21)13(12)26-10-8-6-2/h11-16,24H,5-10H2,1-4H3/t11-,12-,13+,14+,15?,16-/m1/s1. The molecule has 1 unspecified atom stereocenters. The average Bonchev–Trinajstić information content (AvgIpc) is 3.05. The van der Waals surface area contributed by atoms with E-state index in [0.717, 1.165) is 19.3 Å². The van der Waals surface area contributed by atoms with E-state index in [4.69, 9.17) is 14.2 Å². The number of fused-ring (bicyclic) bond motifs is 1. The van der Waals surface area contributed by atoms with Crippen molar-refractivity contribution < 1.29 is 32.5 Å². The summed E-state index contributed by atoms with van der Waals surface area (Å²) in [4.78, 5) is 6.41. The van der Waals surface area contributed by atoms with Gasteiger partial charge in [0.25, 0.3) is 0 Å². The third-order valence-corrected chi connectivity index (χ3v) is 5.98. The Morgan fingerprint density at radius 2 is 1.71 bits per heavy atom. The maximum Gasteiger partial charge on any atom is 0.417 e. The van der Waals surface area contributed by atoms with Crippen LogP contribution in [0, 0.1) is 0 Å². The normalized spacial score (nSPS) is 31.4. The molecule has 0 spiro atoms. The Labute approximate surface area is 168 Å². The number of hydrogen-bond acceptors (Lipinski definition) is 7. The van der Waals surface area contributed by atoms with Crippen molar-refractivity contribution in [2.45, 2.75) is 81.6 Å². The third kappa shape index (κ3) is 5.75. The number of rotatable bonds is 9. The van der Waals surface area contributed by atoms with E-state index in [0.29, 0.717) is 18.2 Å². The van der Waals surface area contributed by atoms with Gasteiger partial charge in [0.15, 0.2) is 11.3 Å². The number of ether oxygens (including phenoxy) is 3. The van der Waals surface area contributed by atoms with E-state index in [-0.39, 0.29) is 6.61 Å². The molecule has 1 fully saturated rings. The molecule has 6 nitrogen and oxygen atoms in total. The van der Waals surface area contributed by atoms with Gasteiger partial charge < -0.3 is 24.2 Å². The summed E-state index contributed by atoms with van der Waals surface area (Å²) < 4.78 is 57.4. The average molecular weight is 429 g/mol. The Morgan fingerprint density at radius 1 is 1.14 bits per heavy atom. The van der Waals surface area contributed by atoms with Crippen molar-refractivity contribution >= 4 is 16.9 Å². The number of aliphatic hydroxyl groups is 1. The molecule has 164 valence electrons. The number of halogens is 3. The first kappa shape index (κ1) is 23.7. The first-order valence-corrected chi connectivity index (χ1v) is 10.6. The smallest absolute Gasteiger partial charge is 0.381 e. The van der Waals surface area contributed by atoms with Gasteiger partial charge in [0.1, 0.15) is 29.8 Å². The van der Waals surface area contributed by atoms with Gasteiger partial charge in [-0.15, -0.1) is 0 Å². The second-order valence-corrected chi connectivity index (χ2v) is 8.31. The second kappa shape index (κ2) is 10.5. The molecule has 0 saturated carbocycles.